The molecule has 0 radical (unpaired) electrons. The van der Waals surface area contributed by atoms with E-state index in [1.165, 1.54) is 0 Å². The van der Waals surface area contributed by atoms with Crippen LogP contribution >= 0.6 is 0 Å². The maximum absolute atomic E-state index is 11.6. The minimum Gasteiger partial charge on any atom is -0.396 e. The quantitative estimate of drug-likeness (QED) is 0.511. The first-order chi connectivity index (χ1) is 7.74. The van der Waals surface area contributed by atoms with Gasteiger partial charge < -0.3 is 15.7 Å². The van der Waals surface area contributed by atoms with Crippen LogP contribution in [0.15, 0.2) is 0 Å². The Morgan fingerprint density at radius 3 is 2.62 bits per heavy atom. The van der Waals surface area contributed by atoms with Crippen LogP contribution in [0.3, 0.4) is 0 Å². The molecule has 0 aromatic rings. The number of carbonyl (C=O) groups excluding carboxylic acids is 1. The fourth-order valence-corrected chi connectivity index (χ4v) is 1.56. The van der Waals surface area contributed by atoms with Crippen molar-refractivity contribution in [2.75, 3.05) is 13.2 Å². The Labute approximate surface area is 97.8 Å². The molecule has 1 unspecified atom stereocenters. The van der Waals surface area contributed by atoms with Crippen LogP contribution in [0.4, 0.5) is 0 Å². The van der Waals surface area contributed by atoms with Gasteiger partial charge in [0, 0.05) is 12.6 Å². The predicted molar refractivity (Wildman–Crippen MR) is 64.2 cm³/mol. The highest BCUT2D eigenvalue weighted by Crippen LogP contribution is 2.18. The van der Waals surface area contributed by atoms with Crippen molar-refractivity contribution in [1.82, 2.24) is 10.6 Å². The summed E-state index contributed by atoms with van der Waals surface area (Å²) in [5.74, 6) is 0.123. The number of hydrogen-bond donors (Lipinski definition) is 3. The molecular weight excluding hydrogens is 204 g/mol. The highest BCUT2D eigenvalue weighted by molar-refractivity contribution is 5.81. The number of hydrogen-bond acceptors (Lipinski definition) is 3. The van der Waals surface area contributed by atoms with Crippen LogP contribution in [0, 0.1) is 0 Å². The molecule has 0 aromatic heterocycles. The van der Waals surface area contributed by atoms with Crippen molar-refractivity contribution in [1.29, 1.82) is 0 Å². The molecule has 0 saturated heterocycles. The fraction of sp³-hybridized carbons (Fsp3) is 0.917. The van der Waals surface area contributed by atoms with E-state index in [9.17, 15) is 4.79 Å². The highest BCUT2D eigenvalue weighted by Gasteiger charge is 2.25. The molecule has 4 nitrogen and oxygen atoms in total. The Kier molecular flexibility index (Phi) is 6.42. The second kappa shape index (κ2) is 7.63. The molecule has 3 N–H and O–H groups in total. The van der Waals surface area contributed by atoms with E-state index in [0.29, 0.717) is 6.04 Å². The zero-order valence-corrected chi connectivity index (χ0v) is 10.2. The van der Waals surface area contributed by atoms with E-state index >= 15 is 0 Å². The van der Waals surface area contributed by atoms with Gasteiger partial charge in [0.1, 0.15) is 0 Å². The Morgan fingerprint density at radius 1 is 1.31 bits per heavy atom. The van der Waals surface area contributed by atoms with Gasteiger partial charge in [-0.3, -0.25) is 4.79 Å². The number of nitrogens with one attached hydrogen (secondary N) is 2. The number of amides is 1. The van der Waals surface area contributed by atoms with Crippen LogP contribution in [0.5, 0.6) is 0 Å². The van der Waals surface area contributed by atoms with E-state index in [1.54, 1.807) is 0 Å². The minimum atomic E-state index is -0.0848. The maximum Gasteiger partial charge on any atom is 0.237 e. The Bertz CT molecular complexity index is 205. The van der Waals surface area contributed by atoms with Gasteiger partial charge in [-0.2, -0.15) is 0 Å². The lowest BCUT2D eigenvalue weighted by molar-refractivity contribution is -0.122. The third-order valence-corrected chi connectivity index (χ3v) is 2.85. The van der Waals surface area contributed by atoms with Crippen molar-refractivity contribution in [2.45, 2.75) is 57.5 Å². The van der Waals surface area contributed by atoms with Gasteiger partial charge in [-0.05, 0) is 39.2 Å². The number of unbranched alkanes of at least 4 members (excludes halogenated alkanes) is 3. The van der Waals surface area contributed by atoms with Gasteiger partial charge in [0.2, 0.25) is 5.91 Å². The monoisotopic (exact) mass is 228 g/mol. The van der Waals surface area contributed by atoms with Crippen LogP contribution in [-0.2, 0) is 4.79 Å². The lowest BCUT2D eigenvalue weighted by Crippen LogP contribution is -2.43. The van der Waals surface area contributed by atoms with Gasteiger partial charge in [0.15, 0.2) is 0 Å². The van der Waals surface area contributed by atoms with Crippen molar-refractivity contribution in [3.63, 3.8) is 0 Å². The summed E-state index contributed by atoms with van der Waals surface area (Å²) in [7, 11) is 0. The topological polar surface area (TPSA) is 61.4 Å². The van der Waals surface area contributed by atoms with Crippen LogP contribution in [-0.4, -0.2) is 36.2 Å². The summed E-state index contributed by atoms with van der Waals surface area (Å²) in [5.41, 5.74) is 0. The lowest BCUT2D eigenvalue weighted by Gasteiger charge is -2.13. The summed E-state index contributed by atoms with van der Waals surface area (Å²) in [6.07, 6.45) is 6.42. The molecular formula is C12H24N2O2. The van der Waals surface area contributed by atoms with Crippen molar-refractivity contribution in [3.8, 4) is 0 Å². The number of aliphatic hydroxyl groups excluding tert-OH is 1. The molecule has 1 atom stereocenters. The van der Waals surface area contributed by atoms with E-state index in [2.05, 4.69) is 10.6 Å². The van der Waals surface area contributed by atoms with Crippen LogP contribution in [0.2, 0.25) is 0 Å². The maximum atomic E-state index is 11.6. The SMILES string of the molecule is CC(NCCCCCCO)C(=O)NC1CC1. The molecule has 1 amide bonds. The lowest BCUT2D eigenvalue weighted by atomic mass is 10.2. The number of rotatable bonds is 9. The average molecular weight is 228 g/mol. The molecule has 0 aromatic carbocycles. The Morgan fingerprint density at radius 2 is 2.00 bits per heavy atom. The van der Waals surface area contributed by atoms with Gasteiger partial charge in [-0.25, -0.2) is 0 Å². The smallest absolute Gasteiger partial charge is 0.237 e. The van der Waals surface area contributed by atoms with Crippen LogP contribution in [0.1, 0.15) is 45.4 Å². The normalized spacial score (nSPS) is 17.1. The molecule has 16 heavy (non-hydrogen) atoms. The molecule has 4 heteroatoms. The van der Waals surface area contributed by atoms with Gasteiger partial charge in [0.05, 0.1) is 6.04 Å². The molecule has 1 aliphatic carbocycles. The summed E-state index contributed by atoms with van der Waals surface area (Å²) in [5, 5.41) is 14.8. The van der Waals surface area contributed by atoms with E-state index < -0.39 is 0 Å². The number of aliphatic hydroxyl groups is 1. The first kappa shape index (κ1) is 13.5. The summed E-state index contributed by atoms with van der Waals surface area (Å²) < 4.78 is 0. The summed E-state index contributed by atoms with van der Waals surface area (Å²) in [6.45, 7) is 3.07. The van der Waals surface area contributed by atoms with E-state index in [1.807, 2.05) is 6.92 Å². The molecule has 0 bridgehead atoms. The Balaban J connectivity index is 1.92. The summed E-state index contributed by atoms with van der Waals surface area (Å²) in [6, 6.07) is 0.361. The Hall–Kier alpha value is -0.610. The van der Waals surface area contributed by atoms with E-state index in [4.69, 9.17) is 5.11 Å². The highest BCUT2D eigenvalue weighted by atomic mass is 16.2. The minimum absolute atomic E-state index is 0.0848. The third kappa shape index (κ3) is 6.08. The molecule has 94 valence electrons. The standard InChI is InChI=1S/C12H24N2O2/c1-10(12(16)14-11-6-7-11)13-8-4-2-3-5-9-15/h10-11,13,15H,2-9H2,1H3,(H,14,16). The average Bonchev–Trinajstić information content (AvgIpc) is 3.06. The molecule has 1 saturated carbocycles. The molecule has 1 rings (SSSR count). The fourth-order valence-electron chi connectivity index (χ4n) is 1.56. The first-order valence-corrected chi connectivity index (χ1v) is 6.38. The molecule has 0 aliphatic heterocycles. The molecule has 0 heterocycles. The van der Waals surface area contributed by atoms with Gasteiger partial charge in [-0.15, -0.1) is 0 Å². The van der Waals surface area contributed by atoms with Crippen LogP contribution in [0.25, 0.3) is 0 Å². The number of carbonyl (C=O) groups is 1. The first-order valence-electron chi connectivity index (χ1n) is 6.38. The molecule has 1 aliphatic rings. The van der Waals surface area contributed by atoms with E-state index in [0.717, 1.165) is 45.1 Å². The summed E-state index contributed by atoms with van der Waals surface area (Å²) in [4.78, 5) is 11.6. The van der Waals surface area contributed by atoms with Gasteiger partial charge >= 0.3 is 0 Å². The van der Waals surface area contributed by atoms with Crippen molar-refractivity contribution in [2.24, 2.45) is 0 Å². The molecule has 1 fully saturated rings. The zero-order chi connectivity index (χ0) is 11.8. The second-order valence-electron chi connectivity index (χ2n) is 4.60. The second-order valence-corrected chi connectivity index (χ2v) is 4.60. The van der Waals surface area contributed by atoms with Crippen LogP contribution < -0.4 is 10.6 Å². The largest absolute Gasteiger partial charge is 0.396 e. The van der Waals surface area contributed by atoms with Crippen molar-refractivity contribution in [3.05, 3.63) is 0 Å². The van der Waals surface area contributed by atoms with E-state index in [-0.39, 0.29) is 18.6 Å². The third-order valence-electron chi connectivity index (χ3n) is 2.85. The summed E-state index contributed by atoms with van der Waals surface area (Å²) >= 11 is 0. The zero-order valence-electron chi connectivity index (χ0n) is 10.2. The molecule has 0 spiro atoms. The van der Waals surface area contributed by atoms with Gasteiger partial charge in [-0.1, -0.05) is 12.8 Å². The van der Waals surface area contributed by atoms with Crippen molar-refractivity contribution < 1.29 is 9.90 Å². The van der Waals surface area contributed by atoms with Crippen molar-refractivity contribution >= 4 is 5.91 Å². The predicted octanol–water partition coefficient (Wildman–Crippen LogP) is 0.796. The van der Waals surface area contributed by atoms with Gasteiger partial charge in [0.25, 0.3) is 0 Å².